The predicted molar refractivity (Wildman–Crippen MR) is 73.7 cm³/mol. The fourth-order valence-corrected chi connectivity index (χ4v) is 2.14. The first-order valence-corrected chi connectivity index (χ1v) is 6.15. The second kappa shape index (κ2) is 4.73. The zero-order valence-corrected chi connectivity index (χ0v) is 11.2. The van der Waals surface area contributed by atoms with Crippen molar-refractivity contribution in [2.45, 2.75) is 6.92 Å². The maximum absolute atomic E-state index is 11.3. The van der Waals surface area contributed by atoms with Gasteiger partial charge in [0.1, 0.15) is 5.69 Å². The van der Waals surface area contributed by atoms with E-state index < -0.39 is 0 Å². The van der Waals surface area contributed by atoms with Crippen molar-refractivity contribution in [3.8, 4) is 16.9 Å². The van der Waals surface area contributed by atoms with Gasteiger partial charge in [0, 0.05) is 37.4 Å². The molecule has 6 heteroatoms. The van der Waals surface area contributed by atoms with E-state index in [0.29, 0.717) is 11.3 Å². The van der Waals surface area contributed by atoms with Crippen LogP contribution >= 0.6 is 0 Å². The monoisotopic (exact) mass is 267 g/mol. The Hall–Kier alpha value is -2.76. The third kappa shape index (κ3) is 2.01. The molecule has 0 radical (unpaired) electrons. The quantitative estimate of drug-likeness (QED) is 0.678. The lowest BCUT2D eigenvalue weighted by molar-refractivity contribution is 0.112. The minimum absolute atomic E-state index is 0.540. The summed E-state index contributed by atoms with van der Waals surface area (Å²) in [6.07, 6.45) is 7.76. The van der Waals surface area contributed by atoms with Gasteiger partial charge >= 0.3 is 0 Å². The molecule has 0 N–H and O–H groups in total. The van der Waals surface area contributed by atoms with Crippen molar-refractivity contribution in [1.29, 1.82) is 0 Å². The Kier molecular flexibility index (Phi) is 2.90. The molecule has 20 heavy (non-hydrogen) atoms. The van der Waals surface area contributed by atoms with E-state index in [4.69, 9.17) is 0 Å². The van der Waals surface area contributed by atoms with Crippen LogP contribution in [0.1, 0.15) is 16.1 Å². The van der Waals surface area contributed by atoms with Gasteiger partial charge in [-0.2, -0.15) is 10.2 Å². The van der Waals surface area contributed by atoms with Crippen LogP contribution in [0, 0.1) is 6.92 Å². The van der Waals surface area contributed by atoms with Gasteiger partial charge in [-0.05, 0) is 19.1 Å². The van der Waals surface area contributed by atoms with Crippen LogP contribution in [0.25, 0.3) is 16.9 Å². The maximum Gasteiger partial charge on any atom is 0.153 e. The van der Waals surface area contributed by atoms with Gasteiger partial charge in [0.2, 0.25) is 0 Å². The van der Waals surface area contributed by atoms with Crippen LogP contribution in [0.15, 0.2) is 36.9 Å². The van der Waals surface area contributed by atoms with Gasteiger partial charge in [-0.1, -0.05) is 0 Å². The molecule has 0 amide bonds. The van der Waals surface area contributed by atoms with E-state index in [2.05, 4.69) is 15.2 Å². The lowest BCUT2D eigenvalue weighted by atomic mass is 10.1. The van der Waals surface area contributed by atoms with Crippen molar-refractivity contribution in [1.82, 2.24) is 24.5 Å². The highest BCUT2D eigenvalue weighted by Gasteiger charge is 2.15. The number of aryl methyl sites for hydroxylation is 2. The molecule has 0 saturated carbocycles. The smallest absolute Gasteiger partial charge is 0.153 e. The van der Waals surface area contributed by atoms with E-state index in [1.54, 1.807) is 28.0 Å². The highest BCUT2D eigenvalue weighted by atomic mass is 16.1. The average Bonchev–Trinajstić information content (AvgIpc) is 3.02. The number of carbonyl (C=O) groups is 1. The number of aromatic nitrogens is 5. The summed E-state index contributed by atoms with van der Waals surface area (Å²) in [4.78, 5) is 15.2. The Balaban J connectivity index is 2.15. The van der Waals surface area contributed by atoms with Crippen LogP contribution in [0.3, 0.4) is 0 Å². The molecule has 0 unspecified atom stereocenters. The summed E-state index contributed by atoms with van der Waals surface area (Å²) >= 11 is 0. The molecule has 0 fully saturated rings. The first-order valence-electron chi connectivity index (χ1n) is 6.15. The van der Waals surface area contributed by atoms with Crippen molar-refractivity contribution in [2.24, 2.45) is 7.05 Å². The van der Waals surface area contributed by atoms with Crippen LogP contribution < -0.4 is 0 Å². The van der Waals surface area contributed by atoms with Crippen molar-refractivity contribution in [3.05, 3.63) is 48.2 Å². The zero-order valence-electron chi connectivity index (χ0n) is 11.2. The molecule has 3 aromatic heterocycles. The molecular formula is C14H13N5O. The normalized spacial score (nSPS) is 10.7. The first kappa shape index (κ1) is 12.3. The molecule has 100 valence electrons. The molecule has 0 saturated heterocycles. The minimum Gasteiger partial charge on any atom is -0.298 e. The van der Waals surface area contributed by atoms with E-state index in [1.807, 2.05) is 32.3 Å². The molecule has 0 atom stereocenters. The third-order valence-electron chi connectivity index (χ3n) is 3.07. The predicted octanol–water partition coefficient (Wildman–Crippen LogP) is 1.79. The van der Waals surface area contributed by atoms with Crippen LogP contribution in [0.2, 0.25) is 0 Å². The molecular weight excluding hydrogens is 254 g/mol. The van der Waals surface area contributed by atoms with Gasteiger partial charge in [0.15, 0.2) is 6.29 Å². The molecule has 3 heterocycles. The Morgan fingerprint density at radius 2 is 1.90 bits per heavy atom. The number of nitrogens with zero attached hydrogens (tertiary/aromatic N) is 5. The van der Waals surface area contributed by atoms with Gasteiger partial charge in [0.05, 0.1) is 16.9 Å². The van der Waals surface area contributed by atoms with Gasteiger partial charge < -0.3 is 0 Å². The van der Waals surface area contributed by atoms with Crippen LogP contribution in [0.4, 0.5) is 0 Å². The van der Waals surface area contributed by atoms with Crippen LogP contribution in [-0.2, 0) is 7.05 Å². The second-order valence-corrected chi connectivity index (χ2v) is 4.50. The Morgan fingerprint density at radius 3 is 2.50 bits per heavy atom. The third-order valence-corrected chi connectivity index (χ3v) is 3.07. The second-order valence-electron chi connectivity index (χ2n) is 4.50. The first-order chi connectivity index (χ1) is 9.69. The molecule has 0 aliphatic carbocycles. The number of rotatable bonds is 3. The van der Waals surface area contributed by atoms with E-state index in [0.717, 1.165) is 23.2 Å². The minimum atomic E-state index is 0.540. The number of pyridine rings is 1. The fraction of sp³-hybridized carbons (Fsp3) is 0.143. The summed E-state index contributed by atoms with van der Waals surface area (Å²) in [7, 11) is 1.84. The van der Waals surface area contributed by atoms with Crippen molar-refractivity contribution in [3.63, 3.8) is 0 Å². The fourth-order valence-electron chi connectivity index (χ4n) is 2.14. The lowest BCUT2D eigenvalue weighted by Gasteiger charge is -1.99. The summed E-state index contributed by atoms with van der Waals surface area (Å²) < 4.78 is 3.39. The van der Waals surface area contributed by atoms with Crippen molar-refractivity contribution < 1.29 is 4.79 Å². The number of aldehydes is 1. The standard InChI is InChI=1S/C14H13N5O/c1-10-13(8-18(2)16-10)14-11(9-20)7-19(17-14)12-3-5-15-6-4-12/h3-9H,1-2H3. The van der Waals surface area contributed by atoms with Crippen LogP contribution in [-0.4, -0.2) is 30.8 Å². The van der Waals surface area contributed by atoms with E-state index in [9.17, 15) is 4.79 Å². The van der Waals surface area contributed by atoms with E-state index in [-0.39, 0.29) is 0 Å². The lowest BCUT2D eigenvalue weighted by Crippen LogP contribution is -1.94. The number of hydrogen-bond acceptors (Lipinski definition) is 4. The van der Waals surface area contributed by atoms with E-state index >= 15 is 0 Å². The zero-order chi connectivity index (χ0) is 14.1. The molecule has 0 spiro atoms. The summed E-state index contributed by atoms with van der Waals surface area (Å²) in [6, 6.07) is 3.67. The largest absolute Gasteiger partial charge is 0.298 e. The van der Waals surface area contributed by atoms with Gasteiger partial charge in [-0.25, -0.2) is 4.68 Å². The van der Waals surface area contributed by atoms with Crippen LogP contribution in [0.5, 0.6) is 0 Å². The SMILES string of the molecule is Cc1nn(C)cc1-c1nn(-c2ccncc2)cc1C=O. The van der Waals surface area contributed by atoms with E-state index in [1.165, 1.54) is 0 Å². The highest BCUT2D eigenvalue weighted by Crippen LogP contribution is 2.24. The van der Waals surface area contributed by atoms with Gasteiger partial charge in [-0.15, -0.1) is 0 Å². The Labute approximate surface area is 115 Å². The van der Waals surface area contributed by atoms with Gasteiger partial charge in [-0.3, -0.25) is 14.5 Å². The molecule has 6 nitrogen and oxygen atoms in total. The number of carbonyl (C=O) groups excluding carboxylic acids is 1. The van der Waals surface area contributed by atoms with Crippen molar-refractivity contribution >= 4 is 6.29 Å². The van der Waals surface area contributed by atoms with Gasteiger partial charge in [0.25, 0.3) is 0 Å². The molecule has 0 aliphatic rings. The summed E-state index contributed by atoms with van der Waals surface area (Å²) in [5, 5.41) is 8.79. The van der Waals surface area contributed by atoms with Crippen molar-refractivity contribution in [2.75, 3.05) is 0 Å². The summed E-state index contributed by atoms with van der Waals surface area (Å²) in [5.41, 5.74) is 3.74. The number of hydrogen-bond donors (Lipinski definition) is 0. The molecule has 0 aliphatic heterocycles. The maximum atomic E-state index is 11.3. The molecule has 3 rings (SSSR count). The molecule has 3 aromatic rings. The topological polar surface area (TPSA) is 65.6 Å². The molecule has 0 bridgehead atoms. The Morgan fingerprint density at radius 1 is 1.15 bits per heavy atom. The average molecular weight is 267 g/mol. The Bertz CT molecular complexity index is 757. The molecule has 0 aromatic carbocycles. The highest BCUT2D eigenvalue weighted by molar-refractivity contribution is 5.86. The summed E-state index contributed by atoms with van der Waals surface area (Å²) in [5.74, 6) is 0. The summed E-state index contributed by atoms with van der Waals surface area (Å²) in [6.45, 7) is 1.90.